The van der Waals surface area contributed by atoms with Crippen LogP contribution in [-0.4, -0.2) is 54.5 Å². The zero-order valence-corrected chi connectivity index (χ0v) is 18.9. The van der Waals surface area contributed by atoms with E-state index in [4.69, 9.17) is 4.74 Å². The molecule has 0 spiro atoms. The highest BCUT2D eigenvalue weighted by molar-refractivity contribution is 5.87. The van der Waals surface area contributed by atoms with Crippen molar-refractivity contribution in [2.24, 2.45) is 0 Å². The third-order valence-electron chi connectivity index (χ3n) is 6.65. The Morgan fingerprint density at radius 3 is 2.06 bits per heavy atom. The highest BCUT2D eigenvalue weighted by atomic mass is 19.3. The Hall–Kier alpha value is -3.74. The SMILES string of the molecule is CN(C)C(=O)C(F)(F)C[C@@H]1COC(=O)N1C1(c2ccccc2)c2ccccc2-c2ccccc21. The molecular formula is C27H24F2N2O3. The molecule has 2 amide bonds. The Kier molecular flexibility index (Phi) is 5.15. The number of hydrogen-bond donors (Lipinski definition) is 0. The second-order valence-corrected chi connectivity index (χ2v) is 8.88. The molecule has 5 rings (SSSR count). The van der Waals surface area contributed by atoms with Crippen LogP contribution in [0.15, 0.2) is 78.9 Å². The normalized spacial score (nSPS) is 18.3. The van der Waals surface area contributed by atoms with E-state index in [1.54, 1.807) is 0 Å². The van der Waals surface area contributed by atoms with Crippen LogP contribution in [-0.2, 0) is 15.1 Å². The van der Waals surface area contributed by atoms with Crippen LogP contribution in [0.3, 0.4) is 0 Å². The van der Waals surface area contributed by atoms with Gasteiger partial charge in [0.1, 0.15) is 12.1 Å². The summed E-state index contributed by atoms with van der Waals surface area (Å²) in [6.07, 6.45) is -1.53. The Balaban J connectivity index is 1.75. The lowest BCUT2D eigenvalue weighted by Crippen LogP contribution is -2.54. The Morgan fingerprint density at radius 2 is 1.50 bits per heavy atom. The van der Waals surface area contributed by atoms with Crippen LogP contribution in [0.25, 0.3) is 11.1 Å². The molecule has 174 valence electrons. The zero-order valence-electron chi connectivity index (χ0n) is 18.9. The minimum atomic E-state index is -3.66. The molecular weight excluding hydrogens is 438 g/mol. The number of ether oxygens (including phenoxy) is 1. The van der Waals surface area contributed by atoms with Gasteiger partial charge in [0.05, 0.1) is 6.04 Å². The third-order valence-corrected chi connectivity index (χ3v) is 6.65. The van der Waals surface area contributed by atoms with Gasteiger partial charge in [0.2, 0.25) is 0 Å². The summed E-state index contributed by atoms with van der Waals surface area (Å²) in [6, 6.07) is 23.7. The molecule has 1 aliphatic carbocycles. The van der Waals surface area contributed by atoms with E-state index in [2.05, 4.69) is 0 Å². The third kappa shape index (κ3) is 3.10. The van der Waals surface area contributed by atoms with E-state index in [9.17, 15) is 9.59 Å². The lowest BCUT2D eigenvalue weighted by atomic mass is 9.78. The van der Waals surface area contributed by atoms with E-state index in [1.165, 1.54) is 19.0 Å². The van der Waals surface area contributed by atoms with E-state index in [0.717, 1.165) is 32.7 Å². The average molecular weight is 462 g/mol. The van der Waals surface area contributed by atoms with E-state index in [-0.39, 0.29) is 6.61 Å². The number of rotatable bonds is 5. The van der Waals surface area contributed by atoms with Crippen molar-refractivity contribution in [2.75, 3.05) is 20.7 Å². The molecule has 0 N–H and O–H groups in total. The molecule has 1 fully saturated rings. The smallest absolute Gasteiger partial charge is 0.411 e. The molecule has 1 aliphatic heterocycles. The Morgan fingerprint density at radius 1 is 0.971 bits per heavy atom. The number of amides is 2. The number of halogens is 2. The van der Waals surface area contributed by atoms with Gasteiger partial charge in [0.15, 0.2) is 0 Å². The van der Waals surface area contributed by atoms with Crippen molar-refractivity contribution < 1.29 is 23.1 Å². The second-order valence-electron chi connectivity index (χ2n) is 8.88. The number of fused-ring (bicyclic) bond motifs is 3. The van der Waals surface area contributed by atoms with Gasteiger partial charge in [0.25, 0.3) is 5.91 Å². The van der Waals surface area contributed by atoms with Gasteiger partial charge in [0, 0.05) is 20.5 Å². The molecule has 34 heavy (non-hydrogen) atoms. The molecule has 1 atom stereocenters. The summed E-state index contributed by atoms with van der Waals surface area (Å²) < 4.78 is 35.5. The highest BCUT2D eigenvalue weighted by Gasteiger charge is 2.58. The number of carbonyl (C=O) groups is 2. The summed E-state index contributed by atoms with van der Waals surface area (Å²) in [5, 5.41) is 0. The minimum Gasteiger partial charge on any atom is -0.447 e. The fourth-order valence-electron chi connectivity index (χ4n) is 5.33. The molecule has 0 saturated carbocycles. The van der Waals surface area contributed by atoms with Gasteiger partial charge in [-0.1, -0.05) is 78.9 Å². The summed E-state index contributed by atoms with van der Waals surface area (Å²) >= 11 is 0. The molecule has 0 bridgehead atoms. The minimum absolute atomic E-state index is 0.228. The van der Waals surface area contributed by atoms with Crippen LogP contribution in [0.2, 0.25) is 0 Å². The van der Waals surface area contributed by atoms with Crippen LogP contribution in [0, 0.1) is 0 Å². The van der Waals surface area contributed by atoms with E-state index in [0.29, 0.717) is 0 Å². The number of hydrogen-bond acceptors (Lipinski definition) is 3. The first kappa shape index (κ1) is 22.1. The number of cyclic esters (lactones) is 1. The van der Waals surface area contributed by atoms with E-state index >= 15 is 8.78 Å². The summed E-state index contributed by atoms with van der Waals surface area (Å²) in [4.78, 5) is 27.9. The van der Waals surface area contributed by atoms with Crippen molar-refractivity contribution in [3.63, 3.8) is 0 Å². The van der Waals surface area contributed by atoms with Crippen molar-refractivity contribution in [3.8, 4) is 11.1 Å². The van der Waals surface area contributed by atoms with Crippen LogP contribution < -0.4 is 0 Å². The Labute approximate surface area is 196 Å². The number of nitrogens with zero attached hydrogens (tertiary/aromatic N) is 2. The van der Waals surface area contributed by atoms with Crippen LogP contribution in [0.1, 0.15) is 23.1 Å². The molecule has 7 heteroatoms. The number of benzene rings is 3. The number of alkyl halides is 2. The predicted octanol–water partition coefficient (Wildman–Crippen LogP) is 4.89. The van der Waals surface area contributed by atoms with Gasteiger partial charge < -0.3 is 9.64 Å². The molecule has 0 radical (unpaired) electrons. The monoisotopic (exact) mass is 462 g/mol. The van der Waals surface area contributed by atoms with Crippen molar-refractivity contribution >= 4 is 12.0 Å². The van der Waals surface area contributed by atoms with Gasteiger partial charge >= 0.3 is 12.0 Å². The first-order valence-corrected chi connectivity index (χ1v) is 11.1. The maximum absolute atomic E-state index is 15.0. The molecule has 5 nitrogen and oxygen atoms in total. The summed E-state index contributed by atoms with van der Waals surface area (Å²) in [7, 11) is 2.58. The molecule has 1 heterocycles. The first-order valence-electron chi connectivity index (χ1n) is 11.1. The zero-order chi connectivity index (χ0) is 24.1. The molecule has 0 unspecified atom stereocenters. The predicted molar refractivity (Wildman–Crippen MR) is 123 cm³/mol. The van der Waals surface area contributed by atoms with Crippen molar-refractivity contribution in [1.82, 2.24) is 9.80 Å². The molecule has 2 aliphatic rings. The van der Waals surface area contributed by atoms with Crippen LogP contribution in [0.4, 0.5) is 13.6 Å². The first-order chi connectivity index (χ1) is 16.3. The summed E-state index contributed by atoms with van der Waals surface area (Å²) in [5.74, 6) is -4.96. The lowest BCUT2D eigenvalue weighted by molar-refractivity contribution is -0.157. The van der Waals surface area contributed by atoms with Crippen molar-refractivity contribution in [1.29, 1.82) is 0 Å². The summed E-state index contributed by atoms with van der Waals surface area (Å²) in [6.45, 7) is -0.228. The fourth-order valence-corrected chi connectivity index (χ4v) is 5.33. The Bertz CT molecular complexity index is 1210. The van der Waals surface area contributed by atoms with Gasteiger partial charge in [-0.3, -0.25) is 9.69 Å². The van der Waals surface area contributed by atoms with Gasteiger partial charge in [-0.05, 0) is 27.8 Å². The molecule has 0 aromatic heterocycles. The molecule has 3 aromatic carbocycles. The van der Waals surface area contributed by atoms with E-state index < -0.39 is 35.9 Å². The van der Waals surface area contributed by atoms with Crippen molar-refractivity contribution in [2.45, 2.75) is 23.9 Å². The fraction of sp³-hybridized carbons (Fsp3) is 0.259. The maximum Gasteiger partial charge on any atom is 0.411 e. The molecule has 3 aromatic rings. The van der Waals surface area contributed by atoms with Gasteiger partial charge in [-0.25, -0.2) is 4.79 Å². The number of carbonyl (C=O) groups excluding carboxylic acids is 2. The highest BCUT2D eigenvalue weighted by Crippen LogP contribution is 2.56. The average Bonchev–Trinajstić information content (AvgIpc) is 3.34. The quantitative estimate of drug-likeness (QED) is 0.542. The topological polar surface area (TPSA) is 49.9 Å². The van der Waals surface area contributed by atoms with E-state index in [1.807, 2.05) is 78.9 Å². The van der Waals surface area contributed by atoms with Gasteiger partial charge in [-0.2, -0.15) is 8.78 Å². The molecule has 1 saturated heterocycles. The van der Waals surface area contributed by atoms with Crippen LogP contribution in [0.5, 0.6) is 0 Å². The lowest BCUT2D eigenvalue weighted by Gasteiger charge is -2.43. The summed E-state index contributed by atoms with van der Waals surface area (Å²) in [5.41, 5.74) is 3.07. The van der Waals surface area contributed by atoms with Crippen molar-refractivity contribution in [3.05, 3.63) is 95.6 Å². The van der Waals surface area contributed by atoms with Crippen LogP contribution >= 0.6 is 0 Å². The standard InChI is InChI=1S/C27H24F2N2O3/c1-30(2)24(32)26(28,29)16-19-17-34-25(33)31(19)27(18-10-4-3-5-11-18)22-14-8-6-12-20(22)21-13-7-9-15-23(21)27/h3-15,19H,16-17H2,1-2H3/t19-/m1/s1. The largest absolute Gasteiger partial charge is 0.447 e. The van der Waals surface area contributed by atoms with Gasteiger partial charge in [-0.15, -0.1) is 0 Å². The maximum atomic E-state index is 15.0. The second kappa shape index (κ2) is 7.94.